The minimum Gasteiger partial charge on any atom is -0.370 e. The van der Waals surface area contributed by atoms with Crippen LogP contribution >= 0.6 is 0 Å². The number of nitrogens with zero attached hydrogens (tertiary/aromatic N) is 2. The van der Waals surface area contributed by atoms with Crippen molar-refractivity contribution in [3.8, 4) is 0 Å². The molecular formula is C19H26N4O. The Balaban J connectivity index is 1.98. The molecular weight excluding hydrogens is 300 g/mol. The van der Waals surface area contributed by atoms with Crippen molar-refractivity contribution in [1.29, 1.82) is 0 Å². The van der Waals surface area contributed by atoms with E-state index in [4.69, 9.17) is 0 Å². The van der Waals surface area contributed by atoms with Gasteiger partial charge in [0.2, 0.25) is 0 Å². The zero-order valence-electron chi connectivity index (χ0n) is 14.9. The minimum atomic E-state index is -0.126. The maximum atomic E-state index is 12.4. The maximum absolute atomic E-state index is 12.4. The van der Waals surface area contributed by atoms with Crippen LogP contribution < -0.4 is 10.6 Å². The highest BCUT2D eigenvalue weighted by Gasteiger charge is 2.08. The summed E-state index contributed by atoms with van der Waals surface area (Å²) in [4.78, 5) is 18.8. The molecule has 0 aliphatic carbocycles. The van der Waals surface area contributed by atoms with Crippen LogP contribution in [0.3, 0.4) is 0 Å². The van der Waals surface area contributed by atoms with Crippen molar-refractivity contribution in [2.24, 2.45) is 0 Å². The Morgan fingerprint density at radius 3 is 2.50 bits per heavy atom. The van der Waals surface area contributed by atoms with Crippen molar-refractivity contribution < 1.29 is 4.79 Å². The normalized spacial score (nSPS) is 10.7. The van der Waals surface area contributed by atoms with Crippen molar-refractivity contribution in [2.45, 2.75) is 20.3 Å². The minimum absolute atomic E-state index is 0.126. The number of pyridine rings is 1. The van der Waals surface area contributed by atoms with Crippen LogP contribution in [-0.2, 0) is 0 Å². The maximum Gasteiger partial charge on any atom is 0.255 e. The molecule has 5 nitrogen and oxygen atoms in total. The molecule has 5 heteroatoms. The first kappa shape index (κ1) is 17.9. The summed E-state index contributed by atoms with van der Waals surface area (Å²) in [6.45, 7) is 5.88. The highest BCUT2D eigenvalue weighted by molar-refractivity contribution is 6.04. The van der Waals surface area contributed by atoms with E-state index in [9.17, 15) is 4.79 Å². The lowest BCUT2D eigenvalue weighted by Gasteiger charge is -2.11. The monoisotopic (exact) mass is 326 g/mol. The average Bonchev–Trinajstić information content (AvgIpc) is 2.50. The molecule has 0 aliphatic heterocycles. The van der Waals surface area contributed by atoms with E-state index in [-0.39, 0.29) is 5.91 Å². The molecule has 1 aromatic heterocycles. The van der Waals surface area contributed by atoms with Gasteiger partial charge in [-0.3, -0.25) is 4.79 Å². The zero-order valence-corrected chi connectivity index (χ0v) is 14.9. The zero-order chi connectivity index (χ0) is 17.5. The van der Waals surface area contributed by atoms with E-state index in [1.165, 1.54) is 0 Å². The Labute approximate surface area is 144 Å². The molecule has 2 aromatic rings. The summed E-state index contributed by atoms with van der Waals surface area (Å²) in [7, 11) is 4.10. The summed E-state index contributed by atoms with van der Waals surface area (Å²) < 4.78 is 0. The molecule has 0 atom stereocenters. The highest BCUT2D eigenvalue weighted by Crippen LogP contribution is 2.15. The second-order valence-electron chi connectivity index (χ2n) is 6.34. The number of hydrogen-bond donors (Lipinski definition) is 2. The summed E-state index contributed by atoms with van der Waals surface area (Å²) in [5, 5.41) is 6.21. The molecule has 0 spiro atoms. The van der Waals surface area contributed by atoms with Crippen LogP contribution in [0.2, 0.25) is 0 Å². The van der Waals surface area contributed by atoms with Gasteiger partial charge in [0.15, 0.2) is 0 Å². The number of hydrogen-bond acceptors (Lipinski definition) is 4. The van der Waals surface area contributed by atoms with Crippen LogP contribution in [0.15, 0.2) is 36.5 Å². The number of nitrogens with one attached hydrogen (secondary N) is 2. The lowest BCUT2D eigenvalue weighted by atomic mass is 10.1. The van der Waals surface area contributed by atoms with Gasteiger partial charge in [0.1, 0.15) is 5.82 Å². The molecule has 0 aliphatic rings. The van der Waals surface area contributed by atoms with E-state index in [1.54, 1.807) is 18.3 Å². The van der Waals surface area contributed by atoms with E-state index in [0.717, 1.165) is 42.1 Å². The van der Waals surface area contributed by atoms with Gasteiger partial charge in [0.25, 0.3) is 5.91 Å². The van der Waals surface area contributed by atoms with Crippen LogP contribution in [0, 0.1) is 13.8 Å². The number of carbonyl (C=O) groups is 1. The molecule has 2 N–H and O–H groups in total. The second kappa shape index (κ2) is 8.45. The van der Waals surface area contributed by atoms with E-state index >= 15 is 0 Å². The van der Waals surface area contributed by atoms with Crippen molar-refractivity contribution in [1.82, 2.24) is 9.88 Å². The molecule has 128 valence electrons. The van der Waals surface area contributed by atoms with Gasteiger partial charge in [-0.05, 0) is 76.3 Å². The van der Waals surface area contributed by atoms with Gasteiger partial charge in [-0.1, -0.05) is 6.07 Å². The third-order valence-corrected chi connectivity index (χ3v) is 3.59. The van der Waals surface area contributed by atoms with E-state index in [0.29, 0.717) is 5.56 Å². The smallest absolute Gasteiger partial charge is 0.255 e. The first-order chi connectivity index (χ1) is 11.4. The SMILES string of the molecule is Cc1cc(C)cc(NC(=O)c2ccnc(NCCCN(C)C)c2)c1. The Morgan fingerprint density at radius 2 is 1.83 bits per heavy atom. The van der Waals surface area contributed by atoms with Crippen LogP contribution in [0.4, 0.5) is 11.5 Å². The van der Waals surface area contributed by atoms with Crippen LogP contribution in [-0.4, -0.2) is 43.0 Å². The summed E-state index contributed by atoms with van der Waals surface area (Å²) in [5.41, 5.74) is 3.67. The fourth-order valence-corrected chi connectivity index (χ4v) is 2.53. The molecule has 0 bridgehead atoms. The lowest BCUT2D eigenvalue weighted by molar-refractivity contribution is 0.102. The fraction of sp³-hybridized carbons (Fsp3) is 0.368. The van der Waals surface area contributed by atoms with Crippen LogP contribution in [0.5, 0.6) is 0 Å². The van der Waals surface area contributed by atoms with Crippen molar-refractivity contribution in [3.05, 3.63) is 53.2 Å². The standard InChI is InChI=1S/C19H26N4O/c1-14-10-15(2)12-17(11-14)22-19(24)16-6-8-21-18(13-16)20-7-5-9-23(3)4/h6,8,10-13H,5,7,9H2,1-4H3,(H,20,21)(H,22,24). The Hall–Kier alpha value is -2.40. The predicted octanol–water partition coefficient (Wildman–Crippen LogP) is 3.31. The van der Waals surface area contributed by atoms with E-state index in [2.05, 4.69) is 40.7 Å². The van der Waals surface area contributed by atoms with Gasteiger partial charge in [-0.25, -0.2) is 4.98 Å². The Morgan fingerprint density at radius 1 is 1.12 bits per heavy atom. The van der Waals surface area contributed by atoms with Gasteiger partial charge >= 0.3 is 0 Å². The van der Waals surface area contributed by atoms with Crippen molar-refractivity contribution in [2.75, 3.05) is 37.8 Å². The first-order valence-corrected chi connectivity index (χ1v) is 8.18. The number of carbonyl (C=O) groups excluding carboxylic acids is 1. The number of benzene rings is 1. The molecule has 0 saturated heterocycles. The Bertz CT molecular complexity index is 677. The largest absolute Gasteiger partial charge is 0.370 e. The molecule has 0 radical (unpaired) electrons. The fourth-order valence-electron chi connectivity index (χ4n) is 2.53. The third-order valence-electron chi connectivity index (χ3n) is 3.59. The van der Waals surface area contributed by atoms with Crippen LogP contribution in [0.25, 0.3) is 0 Å². The molecule has 1 aromatic carbocycles. The van der Waals surface area contributed by atoms with Gasteiger partial charge in [-0.2, -0.15) is 0 Å². The molecule has 1 heterocycles. The summed E-state index contributed by atoms with van der Waals surface area (Å²) in [5.74, 6) is 0.598. The number of aromatic nitrogens is 1. The number of aryl methyl sites for hydroxylation is 2. The molecule has 2 rings (SSSR count). The van der Waals surface area contributed by atoms with Gasteiger partial charge < -0.3 is 15.5 Å². The average molecular weight is 326 g/mol. The lowest BCUT2D eigenvalue weighted by Crippen LogP contribution is -2.17. The second-order valence-corrected chi connectivity index (χ2v) is 6.34. The number of rotatable bonds is 7. The van der Waals surface area contributed by atoms with Gasteiger partial charge in [-0.15, -0.1) is 0 Å². The molecule has 0 fully saturated rings. The molecule has 1 amide bonds. The number of anilines is 2. The molecule has 24 heavy (non-hydrogen) atoms. The third kappa shape index (κ3) is 5.66. The van der Waals surface area contributed by atoms with Crippen molar-refractivity contribution >= 4 is 17.4 Å². The summed E-state index contributed by atoms with van der Waals surface area (Å²) in [6.07, 6.45) is 2.68. The first-order valence-electron chi connectivity index (χ1n) is 8.18. The van der Waals surface area contributed by atoms with E-state index in [1.807, 2.05) is 26.0 Å². The van der Waals surface area contributed by atoms with Crippen LogP contribution in [0.1, 0.15) is 27.9 Å². The molecule has 0 unspecified atom stereocenters. The van der Waals surface area contributed by atoms with Gasteiger partial charge in [0.05, 0.1) is 0 Å². The topological polar surface area (TPSA) is 57.3 Å². The van der Waals surface area contributed by atoms with E-state index < -0.39 is 0 Å². The van der Waals surface area contributed by atoms with Crippen molar-refractivity contribution in [3.63, 3.8) is 0 Å². The highest BCUT2D eigenvalue weighted by atomic mass is 16.1. The predicted molar refractivity (Wildman–Crippen MR) is 99.8 cm³/mol. The van der Waals surface area contributed by atoms with Gasteiger partial charge in [0, 0.05) is 24.0 Å². The quantitative estimate of drug-likeness (QED) is 0.767. The Kier molecular flexibility index (Phi) is 6.32. The molecule has 0 saturated carbocycles. The number of amides is 1. The summed E-state index contributed by atoms with van der Waals surface area (Å²) in [6, 6.07) is 9.52. The summed E-state index contributed by atoms with van der Waals surface area (Å²) >= 11 is 0.